The smallest absolute Gasteiger partial charge is 0.268 e. The molecule has 0 saturated carbocycles. The SMILES string of the molecule is CCS(=O)(=O)c1nsc(NC(=O)/C(C#N)=C\c2cc(C)n(-c3cc(C)ccc3C)c2C)n1. The van der Waals surface area contributed by atoms with Gasteiger partial charge in [0.15, 0.2) is 0 Å². The summed E-state index contributed by atoms with van der Waals surface area (Å²) in [6.07, 6.45) is 1.52. The van der Waals surface area contributed by atoms with Crippen molar-refractivity contribution in [3.05, 3.63) is 57.9 Å². The van der Waals surface area contributed by atoms with Crippen molar-refractivity contribution in [2.24, 2.45) is 0 Å². The lowest BCUT2D eigenvalue weighted by molar-refractivity contribution is -0.112. The van der Waals surface area contributed by atoms with E-state index in [1.54, 1.807) is 0 Å². The topological polar surface area (TPSA) is 118 Å². The second kappa shape index (κ2) is 9.06. The first-order valence-electron chi connectivity index (χ1n) is 9.83. The molecule has 1 aromatic carbocycles. The number of carbonyl (C=O) groups excluding carboxylic acids is 1. The second-order valence-corrected chi connectivity index (χ2v) is 10.3. The number of nitrogens with one attached hydrogen (secondary N) is 1. The van der Waals surface area contributed by atoms with E-state index < -0.39 is 15.7 Å². The summed E-state index contributed by atoms with van der Waals surface area (Å²) in [6.45, 7) is 9.45. The Morgan fingerprint density at radius 1 is 1.25 bits per heavy atom. The van der Waals surface area contributed by atoms with E-state index in [9.17, 15) is 18.5 Å². The van der Waals surface area contributed by atoms with E-state index in [4.69, 9.17) is 0 Å². The van der Waals surface area contributed by atoms with Crippen LogP contribution in [0, 0.1) is 39.0 Å². The van der Waals surface area contributed by atoms with E-state index in [1.807, 2.05) is 39.8 Å². The van der Waals surface area contributed by atoms with Crippen molar-refractivity contribution in [3.8, 4) is 11.8 Å². The Labute approximate surface area is 191 Å². The number of hydrogen-bond acceptors (Lipinski definition) is 7. The number of amides is 1. The van der Waals surface area contributed by atoms with Gasteiger partial charge in [-0.25, -0.2) is 8.42 Å². The molecule has 0 radical (unpaired) electrons. The van der Waals surface area contributed by atoms with Crippen LogP contribution in [0.15, 0.2) is 35.0 Å². The molecule has 0 spiro atoms. The third-order valence-electron chi connectivity index (χ3n) is 5.03. The fourth-order valence-electron chi connectivity index (χ4n) is 3.25. The van der Waals surface area contributed by atoms with Crippen LogP contribution in [0.4, 0.5) is 5.13 Å². The third kappa shape index (κ3) is 4.64. The molecule has 166 valence electrons. The first-order chi connectivity index (χ1) is 15.1. The van der Waals surface area contributed by atoms with Crippen molar-refractivity contribution < 1.29 is 13.2 Å². The van der Waals surface area contributed by atoms with Crippen molar-refractivity contribution in [2.45, 2.75) is 39.8 Å². The summed E-state index contributed by atoms with van der Waals surface area (Å²) < 4.78 is 29.6. The lowest BCUT2D eigenvalue weighted by Gasteiger charge is -2.13. The summed E-state index contributed by atoms with van der Waals surface area (Å²) >= 11 is 0.751. The van der Waals surface area contributed by atoms with Crippen LogP contribution in [-0.4, -0.2) is 34.0 Å². The molecule has 2 heterocycles. The third-order valence-corrected chi connectivity index (χ3v) is 7.27. The molecule has 10 heteroatoms. The molecule has 0 aliphatic heterocycles. The molecule has 0 unspecified atom stereocenters. The normalized spacial score (nSPS) is 11.9. The minimum absolute atomic E-state index is 0.0176. The molecule has 0 atom stereocenters. The van der Waals surface area contributed by atoms with E-state index in [2.05, 4.69) is 37.4 Å². The molecule has 2 aromatic heterocycles. The summed E-state index contributed by atoms with van der Waals surface area (Å²) in [5, 5.41) is 11.7. The highest BCUT2D eigenvalue weighted by atomic mass is 32.2. The van der Waals surface area contributed by atoms with Gasteiger partial charge in [-0.3, -0.25) is 10.1 Å². The maximum Gasteiger partial charge on any atom is 0.268 e. The number of benzene rings is 1. The van der Waals surface area contributed by atoms with Crippen LogP contribution in [0.5, 0.6) is 0 Å². The number of anilines is 1. The van der Waals surface area contributed by atoms with Gasteiger partial charge in [-0.05, 0) is 62.6 Å². The van der Waals surface area contributed by atoms with Crippen molar-refractivity contribution in [1.82, 2.24) is 13.9 Å². The van der Waals surface area contributed by atoms with Gasteiger partial charge >= 0.3 is 0 Å². The number of aromatic nitrogens is 3. The van der Waals surface area contributed by atoms with Crippen LogP contribution < -0.4 is 5.32 Å². The quantitative estimate of drug-likeness (QED) is 0.432. The molecular formula is C22H23N5O3S2. The van der Waals surface area contributed by atoms with Crippen molar-refractivity contribution >= 4 is 38.5 Å². The van der Waals surface area contributed by atoms with Crippen molar-refractivity contribution in [2.75, 3.05) is 11.1 Å². The minimum atomic E-state index is -3.57. The van der Waals surface area contributed by atoms with E-state index in [-0.39, 0.29) is 21.6 Å². The van der Waals surface area contributed by atoms with Gasteiger partial charge < -0.3 is 4.57 Å². The van der Waals surface area contributed by atoms with Gasteiger partial charge in [0, 0.05) is 28.6 Å². The molecule has 3 aromatic rings. The Kier molecular flexibility index (Phi) is 6.62. The van der Waals surface area contributed by atoms with Crippen LogP contribution in [0.2, 0.25) is 0 Å². The molecule has 0 aliphatic carbocycles. The Hall–Kier alpha value is -3.29. The number of hydrogen-bond donors (Lipinski definition) is 1. The maximum absolute atomic E-state index is 12.6. The fourth-order valence-corrected chi connectivity index (χ4v) is 4.83. The largest absolute Gasteiger partial charge is 0.318 e. The molecule has 0 bridgehead atoms. The molecule has 3 rings (SSSR count). The average molecular weight is 470 g/mol. The molecule has 8 nitrogen and oxygen atoms in total. The highest BCUT2D eigenvalue weighted by molar-refractivity contribution is 7.91. The van der Waals surface area contributed by atoms with Gasteiger partial charge in [0.2, 0.25) is 15.0 Å². The van der Waals surface area contributed by atoms with E-state index in [0.717, 1.165) is 45.3 Å². The molecular weight excluding hydrogens is 446 g/mol. The van der Waals surface area contributed by atoms with E-state index in [0.29, 0.717) is 0 Å². The number of rotatable bonds is 6. The predicted molar refractivity (Wildman–Crippen MR) is 125 cm³/mol. The van der Waals surface area contributed by atoms with Crippen LogP contribution >= 0.6 is 11.5 Å². The molecule has 1 amide bonds. The number of carbonyl (C=O) groups is 1. The number of nitriles is 1. The number of sulfone groups is 1. The summed E-state index contributed by atoms with van der Waals surface area (Å²) in [7, 11) is -3.57. The van der Waals surface area contributed by atoms with Crippen LogP contribution in [0.25, 0.3) is 11.8 Å². The Morgan fingerprint density at radius 2 is 1.97 bits per heavy atom. The van der Waals surface area contributed by atoms with E-state index >= 15 is 0 Å². The first-order valence-corrected chi connectivity index (χ1v) is 12.3. The Balaban J connectivity index is 1.93. The zero-order valence-electron chi connectivity index (χ0n) is 18.4. The zero-order chi connectivity index (χ0) is 23.6. The maximum atomic E-state index is 12.6. The first kappa shape index (κ1) is 23.4. The van der Waals surface area contributed by atoms with Gasteiger partial charge in [0.1, 0.15) is 11.6 Å². The zero-order valence-corrected chi connectivity index (χ0v) is 20.1. The minimum Gasteiger partial charge on any atom is -0.318 e. The van der Waals surface area contributed by atoms with Crippen molar-refractivity contribution in [1.29, 1.82) is 5.26 Å². The Bertz CT molecular complexity index is 1370. The monoisotopic (exact) mass is 469 g/mol. The predicted octanol–water partition coefficient (Wildman–Crippen LogP) is 3.90. The number of aryl methyl sites for hydroxylation is 3. The molecule has 1 N–H and O–H groups in total. The lowest BCUT2D eigenvalue weighted by atomic mass is 10.1. The van der Waals surface area contributed by atoms with Crippen molar-refractivity contribution in [3.63, 3.8) is 0 Å². The van der Waals surface area contributed by atoms with Gasteiger partial charge in [0.25, 0.3) is 11.1 Å². The average Bonchev–Trinajstić information content (AvgIpc) is 3.32. The van der Waals surface area contributed by atoms with Gasteiger partial charge in [-0.1, -0.05) is 19.1 Å². The molecule has 0 aliphatic rings. The molecule has 32 heavy (non-hydrogen) atoms. The van der Waals surface area contributed by atoms with Crippen LogP contribution in [0.3, 0.4) is 0 Å². The highest BCUT2D eigenvalue weighted by Gasteiger charge is 2.20. The lowest BCUT2D eigenvalue weighted by Crippen LogP contribution is -2.14. The molecule has 0 fully saturated rings. The van der Waals surface area contributed by atoms with Gasteiger partial charge in [0.05, 0.1) is 5.75 Å². The van der Waals surface area contributed by atoms with Gasteiger partial charge in [-0.2, -0.15) is 14.6 Å². The highest BCUT2D eigenvalue weighted by Crippen LogP contribution is 2.26. The molecule has 0 saturated heterocycles. The summed E-state index contributed by atoms with van der Waals surface area (Å²) in [5.74, 6) is -0.822. The number of nitrogens with zero attached hydrogens (tertiary/aromatic N) is 4. The fraction of sp³-hybridized carbons (Fsp3) is 0.273. The summed E-state index contributed by atoms with van der Waals surface area (Å²) in [5.41, 5.74) is 5.76. The summed E-state index contributed by atoms with van der Waals surface area (Å²) in [6, 6.07) is 10.0. The van der Waals surface area contributed by atoms with Gasteiger partial charge in [-0.15, -0.1) is 0 Å². The standard InChI is InChI=1S/C22H23N5O3S2/c1-6-32(29,30)22-25-21(31-26-22)24-20(28)18(12-23)11-17-10-15(4)27(16(17)5)19-9-13(2)7-8-14(19)3/h7-11H,6H2,1-5H3,(H,24,25,26,28)/b18-11-. The second-order valence-electron chi connectivity index (χ2n) is 7.36. The van der Waals surface area contributed by atoms with Crippen LogP contribution in [0.1, 0.15) is 35.0 Å². The summed E-state index contributed by atoms with van der Waals surface area (Å²) in [4.78, 5) is 16.5. The Morgan fingerprint density at radius 3 is 2.62 bits per heavy atom. The van der Waals surface area contributed by atoms with Crippen LogP contribution in [-0.2, 0) is 14.6 Å². The van der Waals surface area contributed by atoms with E-state index in [1.165, 1.54) is 13.0 Å².